The fraction of sp³-hybridized carbons (Fsp3) is 0.222. The van der Waals surface area contributed by atoms with Crippen molar-refractivity contribution in [3.8, 4) is 5.75 Å². The number of hydrazone groups is 1. The number of thiocarbonyl (C=S) groups is 1. The molecule has 0 radical (unpaired) electrons. The number of hydrogen-bond acceptors (Lipinski definition) is 4. The molecule has 6 heteroatoms. The molecule has 126 valence electrons. The molecular formula is C18H21N3O2S. The SMILES string of the molecule is COCCNC(=S)N/N=C\c1ccccc1OCc1ccccc1. The monoisotopic (exact) mass is 343 g/mol. The summed E-state index contributed by atoms with van der Waals surface area (Å²) < 4.78 is 10.8. The molecule has 5 nitrogen and oxygen atoms in total. The van der Waals surface area contributed by atoms with Crippen LogP contribution in [0.15, 0.2) is 59.7 Å². The molecule has 0 fully saturated rings. The van der Waals surface area contributed by atoms with Crippen LogP contribution in [0.2, 0.25) is 0 Å². The van der Waals surface area contributed by atoms with E-state index in [0.29, 0.717) is 24.9 Å². The second-order valence-corrected chi connectivity index (χ2v) is 5.34. The highest BCUT2D eigenvalue weighted by atomic mass is 32.1. The predicted octanol–water partition coefficient (Wildman–Crippen LogP) is 2.71. The lowest BCUT2D eigenvalue weighted by molar-refractivity contribution is 0.204. The van der Waals surface area contributed by atoms with Crippen LogP contribution in [0.4, 0.5) is 0 Å². The van der Waals surface area contributed by atoms with Crippen LogP contribution in [-0.2, 0) is 11.3 Å². The summed E-state index contributed by atoms with van der Waals surface area (Å²) in [5, 5.41) is 7.57. The van der Waals surface area contributed by atoms with E-state index in [2.05, 4.69) is 15.8 Å². The Balaban J connectivity index is 1.88. The Labute approximate surface area is 147 Å². The Bertz CT molecular complexity index is 662. The summed E-state index contributed by atoms with van der Waals surface area (Å²) in [6, 6.07) is 17.8. The van der Waals surface area contributed by atoms with Crippen LogP contribution in [0.1, 0.15) is 11.1 Å². The summed E-state index contributed by atoms with van der Waals surface area (Å²) in [6.07, 6.45) is 1.69. The zero-order valence-electron chi connectivity index (χ0n) is 13.6. The third-order valence-corrected chi connectivity index (χ3v) is 3.35. The van der Waals surface area contributed by atoms with E-state index in [1.54, 1.807) is 13.3 Å². The lowest BCUT2D eigenvalue weighted by atomic mass is 10.2. The topological polar surface area (TPSA) is 54.9 Å². The first-order valence-corrected chi connectivity index (χ1v) is 8.02. The number of ether oxygens (including phenoxy) is 2. The minimum Gasteiger partial charge on any atom is -0.488 e. The molecule has 2 N–H and O–H groups in total. The van der Waals surface area contributed by atoms with Crippen LogP contribution in [0.5, 0.6) is 5.75 Å². The normalized spacial score (nSPS) is 10.5. The Morgan fingerprint density at radius 2 is 1.88 bits per heavy atom. The number of methoxy groups -OCH3 is 1. The van der Waals surface area contributed by atoms with E-state index in [-0.39, 0.29) is 0 Å². The van der Waals surface area contributed by atoms with Gasteiger partial charge < -0.3 is 14.8 Å². The molecule has 0 amide bonds. The van der Waals surface area contributed by atoms with Gasteiger partial charge in [-0.1, -0.05) is 42.5 Å². The van der Waals surface area contributed by atoms with Crippen molar-refractivity contribution in [2.75, 3.05) is 20.3 Å². The van der Waals surface area contributed by atoms with E-state index < -0.39 is 0 Å². The van der Waals surface area contributed by atoms with E-state index >= 15 is 0 Å². The first-order chi connectivity index (χ1) is 11.8. The maximum atomic E-state index is 5.88. The van der Waals surface area contributed by atoms with Crippen molar-refractivity contribution < 1.29 is 9.47 Å². The second kappa shape index (κ2) is 10.4. The number of hydrogen-bond donors (Lipinski definition) is 2. The van der Waals surface area contributed by atoms with Crippen LogP contribution in [0, 0.1) is 0 Å². The smallest absolute Gasteiger partial charge is 0.187 e. The van der Waals surface area contributed by atoms with Crippen molar-refractivity contribution in [2.45, 2.75) is 6.61 Å². The first-order valence-electron chi connectivity index (χ1n) is 7.61. The molecule has 2 aromatic rings. The van der Waals surface area contributed by atoms with Crippen LogP contribution in [-0.4, -0.2) is 31.6 Å². The molecule has 0 saturated heterocycles. The average Bonchev–Trinajstić information content (AvgIpc) is 2.62. The Hall–Kier alpha value is -2.44. The van der Waals surface area contributed by atoms with Crippen LogP contribution >= 0.6 is 12.2 Å². The van der Waals surface area contributed by atoms with E-state index in [1.807, 2.05) is 54.6 Å². The molecule has 0 saturated carbocycles. The maximum absolute atomic E-state index is 5.88. The molecule has 0 spiro atoms. The Kier molecular flexibility index (Phi) is 7.73. The molecule has 2 rings (SSSR count). The molecule has 24 heavy (non-hydrogen) atoms. The number of benzene rings is 2. The Morgan fingerprint density at radius 1 is 1.12 bits per heavy atom. The molecule has 0 aliphatic carbocycles. The molecule has 0 aromatic heterocycles. The van der Waals surface area contributed by atoms with Gasteiger partial charge in [0.25, 0.3) is 0 Å². The van der Waals surface area contributed by atoms with E-state index in [4.69, 9.17) is 21.7 Å². The first kappa shape index (κ1) is 17.9. The number of nitrogens with one attached hydrogen (secondary N) is 2. The van der Waals surface area contributed by atoms with Gasteiger partial charge in [0, 0.05) is 19.2 Å². The van der Waals surface area contributed by atoms with Crippen LogP contribution in [0.25, 0.3) is 0 Å². The van der Waals surface area contributed by atoms with Crippen molar-refractivity contribution in [3.05, 3.63) is 65.7 Å². The summed E-state index contributed by atoms with van der Waals surface area (Å²) in [5.41, 5.74) is 4.76. The molecule has 0 atom stereocenters. The van der Waals surface area contributed by atoms with Gasteiger partial charge in [-0.05, 0) is 29.9 Å². The van der Waals surface area contributed by atoms with Crippen molar-refractivity contribution in [1.82, 2.24) is 10.7 Å². The van der Waals surface area contributed by atoms with Gasteiger partial charge in [-0.25, -0.2) is 0 Å². The van der Waals surface area contributed by atoms with Crippen molar-refractivity contribution in [2.24, 2.45) is 5.10 Å². The van der Waals surface area contributed by atoms with Gasteiger partial charge in [-0.15, -0.1) is 0 Å². The van der Waals surface area contributed by atoms with Crippen LogP contribution in [0.3, 0.4) is 0 Å². The maximum Gasteiger partial charge on any atom is 0.187 e. The van der Waals surface area contributed by atoms with E-state index in [0.717, 1.165) is 16.9 Å². The molecule has 0 unspecified atom stereocenters. The fourth-order valence-corrected chi connectivity index (χ4v) is 2.08. The third kappa shape index (κ3) is 6.36. The number of rotatable bonds is 8. The highest BCUT2D eigenvalue weighted by Crippen LogP contribution is 2.17. The van der Waals surface area contributed by atoms with Crippen molar-refractivity contribution in [3.63, 3.8) is 0 Å². The van der Waals surface area contributed by atoms with E-state index in [1.165, 1.54) is 0 Å². The largest absolute Gasteiger partial charge is 0.488 e. The minimum absolute atomic E-state index is 0.450. The van der Waals surface area contributed by atoms with E-state index in [9.17, 15) is 0 Å². The standard InChI is InChI=1S/C18H21N3O2S/c1-22-12-11-19-18(24)21-20-13-16-9-5-6-10-17(16)23-14-15-7-3-2-4-8-15/h2-10,13H,11-12,14H2,1H3,(H2,19,21,24)/b20-13-. The van der Waals surface area contributed by atoms with Gasteiger partial charge in [0.15, 0.2) is 5.11 Å². The zero-order chi connectivity index (χ0) is 17.0. The van der Waals surface area contributed by atoms with Gasteiger partial charge in [-0.2, -0.15) is 5.10 Å². The van der Waals surface area contributed by atoms with Crippen molar-refractivity contribution in [1.29, 1.82) is 0 Å². The van der Waals surface area contributed by atoms with Gasteiger partial charge in [0.05, 0.1) is 12.8 Å². The number of para-hydroxylation sites is 1. The predicted molar refractivity (Wildman–Crippen MR) is 100 cm³/mol. The molecular weight excluding hydrogens is 322 g/mol. The molecule has 0 aliphatic rings. The van der Waals surface area contributed by atoms with Crippen LogP contribution < -0.4 is 15.5 Å². The molecule has 0 heterocycles. The lowest BCUT2D eigenvalue weighted by Crippen LogP contribution is -2.34. The summed E-state index contributed by atoms with van der Waals surface area (Å²) in [7, 11) is 1.64. The summed E-state index contributed by atoms with van der Waals surface area (Å²) in [6.45, 7) is 1.73. The third-order valence-electron chi connectivity index (χ3n) is 3.12. The van der Waals surface area contributed by atoms with Gasteiger partial charge in [0.2, 0.25) is 0 Å². The highest BCUT2D eigenvalue weighted by Gasteiger charge is 2.01. The Morgan fingerprint density at radius 3 is 2.67 bits per heavy atom. The number of nitrogens with zero attached hydrogens (tertiary/aromatic N) is 1. The quantitative estimate of drug-likeness (QED) is 0.334. The summed E-state index contributed by atoms with van der Waals surface area (Å²) >= 11 is 5.11. The summed E-state index contributed by atoms with van der Waals surface area (Å²) in [4.78, 5) is 0. The summed E-state index contributed by atoms with van der Waals surface area (Å²) in [5.74, 6) is 0.769. The lowest BCUT2D eigenvalue weighted by Gasteiger charge is -2.09. The molecule has 0 aliphatic heterocycles. The minimum atomic E-state index is 0.450. The van der Waals surface area contributed by atoms with Gasteiger partial charge in [-0.3, -0.25) is 5.43 Å². The molecule has 0 bridgehead atoms. The fourth-order valence-electron chi connectivity index (χ4n) is 1.92. The van der Waals surface area contributed by atoms with Gasteiger partial charge in [0.1, 0.15) is 12.4 Å². The van der Waals surface area contributed by atoms with Crippen molar-refractivity contribution >= 4 is 23.5 Å². The zero-order valence-corrected chi connectivity index (χ0v) is 14.4. The average molecular weight is 343 g/mol. The molecule has 2 aromatic carbocycles. The highest BCUT2D eigenvalue weighted by molar-refractivity contribution is 7.80. The second-order valence-electron chi connectivity index (χ2n) is 4.93. The van der Waals surface area contributed by atoms with Gasteiger partial charge >= 0.3 is 0 Å².